The van der Waals surface area contributed by atoms with Crippen molar-refractivity contribution < 1.29 is 14.0 Å². The normalized spacial score (nSPS) is 17.9. The molecule has 0 aromatic carbocycles. The second-order valence-electron chi connectivity index (χ2n) is 4.46. The lowest BCUT2D eigenvalue weighted by Gasteiger charge is -2.13. The molecule has 0 aliphatic heterocycles. The van der Waals surface area contributed by atoms with Crippen molar-refractivity contribution in [1.29, 1.82) is 0 Å². The minimum absolute atomic E-state index is 0.0579. The predicted molar refractivity (Wildman–Crippen MR) is 57.1 cm³/mol. The minimum Gasteiger partial charge on any atom is -0.299 e. The molecular formula is C13H13FO2. The van der Waals surface area contributed by atoms with Crippen LogP contribution < -0.4 is 0 Å². The Kier molecular flexibility index (Phi) is 2.86. The number of ketones is 2. The van der Waals surface area contributed by atoms with Crippen molar-refractivity contribution in [2.45, 2.75) is 26.2 Å². The van der Waals surface area contributed by atoms with Gasteiger partial charge in [0.05, 0.1) is 6.42 Å². The van der Waals surface area contributed by atoms with Gasteiger partial charge in [0.2, 0.25) is 0 Å². The van der Waals surface area contributed by atoms with Crippen LogP contribution in [0.5, 0.6) is 0 Å². The van der Waals surface area contributed by atoms with Gasteiger partial charge in [-0.15, -0.1) is 0 Å². The maximum Gasteiger partial charge on any atom is 0.140 e. The quantitative estimate of drug-likeness (QED) is 0.639. The molecule has 3 rings (SSSR count). The van der Waals surface area contributed by atoms with Crippen molar-refractivity contribution in [3.8, 4) is 0 Å². The first-order chi connectivity index (χ1) is 7.56. The Hall–Kier alpha value is -1.51. The third kappa shape index (κ3) is 2.18. The molecule has 0 radical (unpaired) electrons. The molecule has 16 heavy (non-hydrogen) atoms. The molecule has 0 aromatic heterocycles. The maximum atomic E-state index is 12.0. The fraction of sp³-hybridized carbons (Fsp3) is 0.385. The number of benzene rings is 1. The van der Waals surface area contributed by atoms with Gasteiger partial charge in [-0.25, -0.2) is 4.39 Å². The van der Waals surface area contributed by atoms with Crippen LogP contribution in [-0.4, -0.2) is 11.6 Å². The van der Waals surface area contributed by atoms with Gasteiger partial charge in [0, 0.05) is 18.1 Å². The summed E-state index contributed by atoms with van der Waals surface area (Å²) in [4.78, 5) is 21.3. The summed E-state index contributed by atoms with van der Waals surface area (Å²) < 4.78 is 12.0. The van der Waals surface area contributed by atoms with Crippen molar-refractivity contribution >= 4 is 11.6 Å². The number of carbonyl (C=O) groups excluding carboxylic acids is 2. The first-order valence-electron chi connectivity index (χ1n) is 5.39. The van der Waals surface area contributed by atoms with Crippen LogP contribution in [0.1, 0.15) is 26.2 Å². The Morgan fingerprint density at radius 3 is 2.00 bits per heavy atom. The predicted octanol–water partition coefficient (Wildman–Crippen LogP) is 2.37. The number of halogens is 1. The van der Waals surface area contributed by atoms with E-state index in [-0.39, 0.29) is 23.8 Å². The molecule has 1 saturated carbocycles. The molecule has 3 heteroatoms. The van der Waals surface area contributed by atoms with E-state index in [1.54, 1.807) is 6.07 Å². The van der Waals surface area contributed by atoms with Gasteiger partial charge in [0.15, 0.2) is 0 Å². The van der Waals surface area contributed by atoms with Crippen LogP contribution in [0.3, 0.4) is 0 Å². The molecule has 0 amide bonds. The number of Topliss-reactive ketones (excluding diaryl/α,β-unsaturated/α-hetero) is 2. The summed E-state index contributed by atoms with van der Waals surface area (Å²) in [5, 5.41) is 1.87. The molecule has 0 saturated heterocycles. The molecule has 0 N–H and O–H groups in total. The molecule has 0 aromatic rings. The van der Waals surface area contributed by atoms with E-state index in [0.717, 1.165) is 10.4 Å². The molecule has 3 aliphatic rings. The van der Waals surface area contributed by atoms with E-state index in [4.69, 9.17) is 0 Å². The topological polar surface area (TPSA) is 34.1 Å². The Labute approximate surface area is 92.8 Å². The Balaban J connectivity index is 0.000000123. The summed E-state index contributed by atoms with van der Waals surface area (Å²) in [5.41, 5.74) is 0. The summed E-state index contributed by atoms with van der Waals surface area (Å²) in [5.74, 6) is 0.453. The number of hydrogen-bond acceptors (Lipinski definition) is 2. The largest absolute Gasteiger partial charge is 0.299 e. The monoisotopic (exact) mass is 220 g/mol. The van der Waals surface area contributed by atoms with Crippen molar-refractivity contribution in [2.75, 3.05) is 0 Å². The zero-order chi connectivity index (χ0) is 11.7. The van der Waals surface area contributed by atoms with E-state index < -0.39 is 0 Å². The van der Waals surface area contributed by atoms with E-state index in [1.807, 2.05) is 13.0 Å². The van der Waals surface area contributed by atoms with Crippen molar-refractivity contribution in [2.24, 2.45) is 5.92 Å². The van der Waals surface area contributed by atoms with Gasteiger partial charge in [0.1, 0.15) is 17.4 Å². The molecule has 1 fully saturated rings. The summed E-state index contributed by atoms with van der Waals surface area (Å²) >= 11 is 0. The first-order valence-corrected chi connectivity index (χ1v) is 5.39. The van der Waals surface area contributed by atoms with Gasteiger partial charge in [-0.1, -0.05) is 19.1 Å². The maximum absolute atomic E-state index is 12.0. The highest BCUT2D eigenvalue weighted by Crippen LogP contribution is 2.17. The standard InChI is InChI=1S/C7H10O2.C6H3F/c1-5-2-6(8)4-7(9)3-5;7-6-3-4-1-2-5(4)6/h5H,2-4H2,1H3;1-3H. The smallest absolute Gasteiger partial charge is 0.140 e. The highest BCUT2D eigenvalue weighted by atomic mass is 19.1. The van der Waals surface area contributed by atoms with Crippen LogP contribution in [0.4, 0.5) is 4.39 Å². The fourth-order valence-corrected chi connectivity index (χ4v) is 1.96. The molecule has 0 bridgehead atoms. The third-order valence-corrected chi connectivity index (χ3v) is 2.83. The molecule has 0 unspecified atom stereocenters. The molecule has 0 atom stereocenters. The van der Waals surface area contributed by atoms with E-state index >= 15 is 0 Å². The van der Waals surface area contributed by atoms with Crippen LogP contribution in [0.25, 0.3) is 0 Å². The minimum atomic E-state index is -0.0579. The number of carbonyl (C=O) groups is 2. The lowest BCUT2D eigenvalue weighted by molar-refractivity contribution is -0.130. The van der Waals surface area contributed by atoms with Crippen molar-refractivity contribution in [3.05, 3.63) is 34.5 Å². The SMILES string of the molecule is CC1CC(=O)CC(=O)C1.Fc1cc2ccc1=2. The van der Waals surface area contributed by atoms with E-state index in [9.17, 15) is 14.0 Å². The Morgan fingerprint density at radius 1 is 1.19 bits per heavy atom. The van der Waals surface area contributed by atoms with Gasteiger partial charge < -0.3 is 0 Å². The highest BCUT2D eigenvalue weighted by Gasteiger charge is 2.21. The van der Waals surface area contributed by atoms with Gasteiger partial charge in [-0.05, 0) is 17.2 Å². The molecular weight excluding hydrogens is 207 g/mol. The summed E-state index contributed by atoms with van der Waals surface area (Å²) in [7, 11) is 0. The van der Waals surface area contributed by atoms with Crippen LogP contribution >= 0.6 is 0 Å². The highest BCUT2D eigenvalue weighted by molar-refractivity contribution is 6.01. The number of hydrogen-bond donors (Lipinski definition) is 0. The fourth-order valence-electron chi connectivity index (χ4n) is 1.96. The van der Waals surface area contributed by atoms with Gasteiger partial charge >= 0.3 is 0 Å². The van der Waals surface area contributed by atoms with Crippen molar-refractivity contribution in [3.63, 3.8) is 0 Å². The zero-order valence-electron chi connectivity index (χ0n) is 9.13. The average Bonchev–Trinajstić information content (AvgIpc) is 2.12. The summed E-state index contributed by atoms with van der Waals surface area (Å²) in [6.07, 6.45) is 1.39. The van der Waals surface area contributed by atoms with Crippen LogP contribution in [0.2, 0.25) is 0 Å². The van der Waals surface area contributed by atoms with Gasteiger partial charge in [-0.3, -0.25) is 9.59 Å². The lowest BCUT2D eigenvalue weighted by atomic mass is 9.89. The molecule has 3 aliphatic carbocycles. The van der Waals surface area contributed by atoms with Crippen molar-refractivity contribution in [1.82, 2.24) is 0 Å². The average molecular weight is 220 g/mol. The van der Waals surface area contributed by atoms with Crippen LogP contribution in [0.15, 0.2) is 18.2 Å². The van der Waals surface area contributed by atoms with E-state index in [0.29, 0.717) is 18.8 Å². The first kappa shape index (κ1) is 11.0. The zero-order valence-corrected chi connectivity index (χ0v) is 9.13. The van der Waals surface area contributed by atoms with Crippen LogP contribution in [0, 0.1) is 22.2 Å². The summed E-state index contributed by atoms with van der Waals surface area (Å²) in [6.45, 7) is 1.94. The molecule has 2 nitrogen and oxygen atoms in total. The molecule has 0 heterocycles. The number of rotatable bonds is 0. The van der Waals surface area contributed by atoms with Crippen LogP contribution in [-0.2, 0) is 9.59 Å². The Morgan fingerprint density at radius 2 is 1.81 bits per heavy atom. The van der Waals surface area contributed by atoms with Gasteiger partial charge in [-0.2, -0.15) is 0 Å². The second kappa shape index (κ2) is 4.16. The third-order valence-electron chi connectivity index (χ3n) is 2.83. The van der Waals surface area contributed by atoms with E-state index in [2.05, 4.69) is 0 Å². The van der Waals surface area contributed by atoms with Gasteiger partial charge in [0.25, 0.3) is 0 Å². The molecule has 84 valence electrons. The second-order valence-corrected chi connectivity index (χ2v) is 4.46. The lowest BCUT2D eigenvalue weighted by Crippen LogP contribution is -2.20. The Bertz CT molecular complexity index is 517. The molecule has 0 spiro atoms. The van der Waals surface area contributed by atoms with E-state index in [1.165, 1.54) is 6.07 Å². The summed E-state index contributed by atoms with van der Waals surface area (Å²) in [6, 6.07) is 5.22.